The van der Waals surface area contributed by atoms with Gasteiger partial charge in [-0.3, -0.25) is 18.9 Å². The van der Waals surface area contributed by atoms with Crippen molar-refractivity contribution < 1.29 is 70.5 Å². The van der Waals surface area contributed by atoms with Crippen LogP contribution in [-0.2, 0) is 54.1 Å². The molecule has 3 aromatic rings. The summed E-state index contributed by atoms with van der Waals surface area (Å²) in [7, 11) is -16.7. The molecule has 1 aliphatic heterocycles. The van der Waals surface area contributed by atoms with Crippen LogP contribution in [0, 0.1) is 0 Å². The van der Waals surface area contributed by atoms with E-state index < -0.39 is 73.0 Å². The molecule has 1 amide bonds. The molecule has 46 heavy (non-hydrogen) atoms. The maximum absolute atomic E-state index is 12.6. The summed E-state index contributed by atoms with van der Waals surface area (Å²) in [5.41, 5.74) is 0.111. The van der Waals surface area contributed by atoms with Gasteiger partial charge in [-0.15, -0.1) is 0 Å². The summed E-state index contributed by atoms with van der Waals surface area (Å²) in [6, 6.07) is 17.8. The number of phosphoric acid groups is 3. The van der Waals surface area contributed by atoms with Gasteiger partial charge in [0.15, 0.2) is 5.79 Å². The van der Waals surface area contributed by atoms with Crippen LogP contribution in [0.25, 0.3) is 0 Å². The fourth-order valence-corrected chi connectivity index (χ4v) is 7.34. The van der Waals surface area contributed by atoms with E-state index in [1.807, 2.05) is 0 Å². The predicted octanol–water partition coefficient (Wildman–Crippen LogP) is 2.53. The average molecular weight is 707 g/mol. The highest BCUT2D eigenvalue weighted by atomic mass is 31.3. The number of amides is 1. The minimum absolute atomic E-state index is 0.0434. The molecule has 250 valence electrons. The number of aliphatic hydroxyl groups is 2. The molecular weight excluding hydrogens is 679 g/mol. The summed E-state index contributed by atoms with van der Waals surface area (Å²) in [5.74, 6) is -2.96. The second kappa shape index (κ2) is 14.8. The quantitative estimate of drug-likeness (QED) is 0.104. The molecule has 0 saturated carbocycles. The van der Waals surface area contributed by atoms with Gasteiger partial charge in [0.2, 0.25) is 0 Å². The number of anilines is 1. The smallest absolute Gasteiger partial charge is 0.444 e. The van der Waals surface area contributed by atoms with Gasteiger partial charge in [0.05, 0.1) is 13.2 Å². The zero-order valence-electron chi connectivity index (χ0n) is 23.4. The van der Waals surface area contributed by atoms with Gasteiger partial charge in [-0.1, -0.05) is 60.7 Å². The number of benzene rings is 2. The molecule has 19 nitrogen and oxygen atoms in total. The Bertz CT molecular complexity index is 1710. The van der Waals surface area contributed by atoms with E-state index in [1.54, 1.807) is 48.5 Å². The molecule has 1 aliphatic rings. The third-order valence-electron chi connectivity index (χ3n) is 5.93. The fraction of sp³-hybridized carbons (Fsp3) is 0.292. The lowest BCUT2D eigenvalue weighted by Crippen LogP contribution is -2.40. The van der Waals surface area contributed by atoms with Gasteiger partial charge in [-0.05, 0) is 17.2 Å². The van der Waals surface area contributed by atoms with E-state index >= 15 is 0 Å². The number of hydrogen-bond acceptors (Lipinski definition) is 14. The lowest BCUT2D eigenvalue weighted by atomic mass is 10.1. The first-order valence-corrected chi connectivity index (χ1v) is 17.4. The number of phosphoric ester groups is 2. The summed E-state index contributed by atoms with van der Waals surface area (Å²) in [5, 5.41) is 23.0. The molecule has 2 heterocycles. The topological polar surface area (TPSA) is 272 Å². The van der Waals surface area contributed by atoms with E-state index in [0.717, 1.165) is 16.3 Å². The minimum atomic E-state index is -5.79. The molecular formula is C24H28N3O16P3. The largest absolute Gasteiger partial charge is 0.490 e. The van der Waals surface area contributed by atoms with Crippen LogP contribution in [0.1, 0.15) is 23.8 Å². The fourth-order valence-electron chi connectivity index (χ4n) is 3.85. The first-order valence-electron chi connectivity index (χ1n) is 12.9. The van der Waals surface area contributed by atoms with Gasteiger partial charge in [0, 0.05) is 12.6 Å². The first kappa shape index (κ1) is 35.7. The third-order valence-corrected chi connectivity index (χ3v) is 10.2. The maximum atomic E-state index is 12.6. The number of carbonyl (C=O) groups is 1. The Hall–Kier alpha value is -3.12. The van der Waals surface area contributed by atoms with E-state index in [-0.39, 0.29) is 12.4 Å². The van der Waals surface area contributed by atoms with Crippen molar-refractivity contribution in [2.75, 3.05) is 11.9 Å². The van der Waals surface area contributed by atoms with Crippen molar-refractivity contribution in [3.63, 3.8) is 0 Å². The van der Waals surface area contributed by atoms with Crippen molar-refractivity contribution in [2.24, 2.45) is 0 Å². The molecule has 0 spiro atoms. The van der Waals surface area contributed by atoms with Gasteiger partial charge < -0.3 is 34.4 Å². The second-order valence-electron chi connectivity index (χ2n) is 9.48. The molecule has 3 unspecified atom stereocenters. The molecule has 6 N–H and O–H groups in total. The molecule has 0 aliphatic carbocycles. The maximum Gasteiger partial charge on any atom is 0.490 e. The van der Waals surface area contributed by atoms with Crippen molar-refractivity contribution in [3.8, 4) is 0 Å². The van der Waals surface area contributed by atoms with Gasteiger partial charge in [0.25, 0.3) is 0 Å². The Morgan fingerprint density at radius 3 is 2.04 bits per heavy atom. The van der Waals surface area contributed by atoms with E-state index in [0.29, 0.717) is 5.56 Å². The van der Waals surface area contributed by atoms with E-state index in [4.69, 9.17) is 9.47 Å². The minimum Gasteiger partial charge on any atom is -0.444 e. The van der Waals surface area contributed by atoms with Crippen LogP contribution >= 0.6 is 23.5 Å². The molecule has 1 aromatic heterocycles. The van der Waals surface area contributed by atoms with E-state index in [1.165, 1.54) is 18.2 Å². The van der Waals surface area contributed by atoms with Gasteiger partial charge >= 0.3 is 35.3 Å². The number of carbonyl (C=O) groups excluding carboxylic acids is 1. The SMILES string of the molecule is O=C(Nc1ccn([C@H]2CC(O)(O)[C@@H](COP(=O)(O)OP(=O)(O)OP(=O)(O)OCc3ccccc3)O2)c(=O)n1)OCc1ccccc1. The first-order chi connectivity index (χ1) is 21.5. The Morgan fingerprint density at radius 1 is 0.891 bits per heavy atom. The van der Waals surface area contributed by atoms with Crippen LogP contribution in [0.3, 0.4) is 0 Å². The Labute approximate surface area is 259 Å². The molecule has 1 saturated heterocycles. The summed E-state index contributed by atoms with van der Waals surface area (Å²) in [6.07, 6.45) is -3.72. The van der Waals surface area contributed by atoms with Crippen molar-refractivity contribution in [1.29, 1.82) is 0 Å². The van der Waals surface area contributed by atoms with Crippen LogP contribution in [0.2, 0.25) is 0 Å². The molecule has 0 radical (unpaired) electrons. The highest BCUT2D eigenvalue weighted by Crippen LogP contribution is 2.68. The Morgan fingerprint density at radius 2 is 1.46 bits per heavy atom. The zero-order chi connectivity index (χ0) is 33.6. The third kappa shape index (κ3) is 10.7. The molecule has 4 rings (SSSR count). The molecule has 1 fully saturated rings. The van der Waals surface area contributed by atoms with Crippen LogP contribution < -0.4 is 11.0 Å². The lowest BCUT2D eigenvalue weighted by Gasteiger charge is -2.23. The molecule has 0 bridgehead atoms. The van der Waals surface area contributed by atoms with Gasteiger partial charge in [-0.25, -0.2) is 23.3 Å². The number of nitrogens with one attached hydrogen (secondary N) is 1. The number of aromatic nitrogens is 2. The van der Waals surface area contributed by atoms with Crippen LogP contribution in [-0.4, -0.2) is 59.0 Å². The van der Waals surface area contributed by atoms with E-state index in [9.17, 15) is 48.2 Å². The highest BCUT2D eigenvalue weighted by molar-refractivity contribution is 7.66. The van der Waals surface area contributed by atoms with E-state index in [2.05, 4.69) is 28.0 Å². The number of rotatable bonds is 14. The second-order valence-corrected chi connectivity index (χ2v) is 14.1. The summed E-state index contributed by atoms with van der Waals surface area (Å²) < 4.78 is 64.8. The summed E-state index contributed by atoms with van der Waals surface area (Å²) in [4.78, 5) is 57.6. The number of ether oxygens (including phenoxy) is 2. The Balaban J connectivity index is 1.29. The molecule has 5 atom stereocenters. The van der Waals surface area contributed by atoms with Crippen LogP contribution in [0.15, 0.2) is 77.7 Å². The summed E-state index contributed by atoms with van der Waals surface area (Å²) >= 11 is 0. The van der Waals surface area contributed by atoms with Crippen molar-refractivity contribution >= 4 is 35.4 Å². The monoisotopic (exact) mass is 707 g/mol. The van der Waals surface area contributed by atoms with Gasteiger partial charge in [0.1, 0.15) is 24.8 Å². The Kier molecular flexibility index (Phi) is 11.5. The number of hydrogen-bond donors (Lipinski definition) is 6. The van der Waals surface area contributed by atoms with Crippen LogP contribution in [0.5, 0.6) is 0 Å². The molecule has 2 aromatic carbocycles. The number of nitrogens with zero attached hydrogens (tertiary/aromatic N) is 2. The van der Waals surface area contributed by atoms with Crippen molar-refractivity contribution in [2.45, 2.75) is 37.8 Å². The molecule has 22 heteroatoms. The normalized spacial score (nSPS) is 21.4. The standard InChI is InChI=1S/C24H28N3O16P3/c28-22-25-20(26-23(29)38-14-17-7-3-1-4-8-17)11-12-27(22)21-13-24(30,31)19(41-21)16-40-45(34,35)43-46(36,37)42-44(32,33)39-15-18-9-5-2-6-10-18/h1-12,19,21,30-31H,13-16H2,(H,32,33)(H,34,35)(H,36,37)(H,25,26,28,29)/t19-,21-/m1/s1. The summed E-state index contributed by atoms with van der Waals surface area (Å²) in [6.45, 7) is -1.73. The average Bonchev–Trinajstić information content (AvgIpc) is 3.27. The zero-order valence-corrected chi connectivity index (χ0v) is 26.1. The van der Waals surface area contributed by atoms with Crippen molar-refractivity contribution in [3.05, 3.63) is 94.5 Å². The van der Waals surface area contributed by atoms with Crippen molar-refractivity contribution in [1.82, 2.24) is 9.55 Å². The highest BCUT2D eigenvalue weighted by Gasteiger charge is 2.49. The lowest BCUT2D eigenvalue weighted by molar-refractivity contribution is -0.201. The van der Waals surface area contributed by atoms with Gasteiger partial charge in [-0.2, -0.15) is 13.6 Å². The van der Waals surface area contributed by atoms with Crippen LogP contribution in [0.4, 0.5) is 10.6 Å². The predicted molar refractivity (Wildman–Crippen MR) is 153 cm³/mol.